The van der Waals surface area contributed by atoms with Crippen molar-refractivity contribution in [3.63, 3.8) is 0 Å². The summed E-state index contributed by atoms with van der Waals surface area (Å²) in [4.78, 5) is 11.9. The minimum atomic E-state index is 0.100. The quantitative estimate of drug-likeness (QED) is 0.771. The molecular formula is C17H17N5O. The van der Waals surface area contributed by atoms with E-state index in [1.807, 2.05) is 43.3 Å². The highest BCUT2D eigenvalue weighted by molar-refractivity contribution is 5.58. The van der Waals surface area contributed by atoms with Crippen LogP contribution in [0.3, 0.4) is 0 Å². The number of benzene rings is 2. The van der Waals surface area contributed by atoms with Crippen LogP contribution in [0.1, 0.15) is 11.1 Å². The van der Waals surface area contributed by atoms with Crippen LogP contribution >= 0.6 is 0 Å². The number of nitrogen functional groups attached to an aromatic ring is 2. The maximum Gasteiger partial charge on any atom is 0.225 e. The molecule has 0 bridgehead atoms. The summed E-state index contributed by atoms with van der Waals surface area (Å²) in [5.41, 5.74) is 14.3. The number of aromatic nitrogens is 3. The molecule has 0 saturated carbocycles. The number of ether oxygens (including phenoxy) is 1. The lowest BCUT2D eigenvalue weighted by Gasteiger charge is -2.11. The van der Waals surface area contributed by atoms with Crippen LogP contribution in [-0.4, -0.2) is 15.0 Å². The van der Waals surface area contributed by atoms with E-state index in [1.54, 1.807) is 0 Å². The fourth-order valence-electron chi connectivity index (χ4n) is 2.17. The predicted molar refractivity (Wildman–Crippen MR) is 90.1 cm³/mol. The zero-order valence-corrected chi connectivity index (χ0v) is 12.9. The molecule has 116 valence electrons. The van der Waals surface area contributed by atoms with E-state index in [-0.39, 0.29) is 11.9 Å². The van der Waals surface area contributed by atoms with E-state index < -0.39 is 0 Å². The van der Waals surface area contributed by atoms with Gasteiger partial charge in [-0.15, -0.1) is 0 Å². The van der Waals surface area contributed by atoms with Gasteiger partial charge in [0.1, 0.15) is 11.5 Å². The number of anilines is 2. The van der Waals surface area contributed by atoms with Gasteiger partial charge in [-0.2, -0.15) is 15.0 Å². The van der Waals surface area contributed by atoms with Crippen LogP contribution in [-0.2, 0) is 0 Å². The van der Waals surface area contributed by atoms with Gasteiger partial charge in [-0.3, -0.25) is 0 Å². The maximum absolute atomic E-state index is 5.93. The second kappa shape index (κ2) is 5.92. The second-order valence-corrected chi connectivity index (χ2v) is 5.20. The maximum atomic E-state index is 5.93. The molecule has 4 N–H and O–H groups in total. The molecule has 0 unspecified atom stereocenters. The van der Waals surface area contributed by atoms with Crippen LogP contribution in [0.5, 0.6) is 11.5 Å². The van der Waals surface area contributed by atoms with Crippen molar-refractivity contribution in [3.05, 3.63) is 53.6 Å². The number of hydrogen-bond acceptors (Lipinski definition) is 6. The van der Waals surface area contributed by atoms with E-state index in [0.29, 0.717) is 5.82 Å². The Kier molecular flexibility index (Phi) is 3.80. The van der Waals surface area contributed by atoms with Gasteiger partial charge in [0.2, 0.25) is 11.9 Å². The highest BCUT2D eigenvalue weighted by atomic mass is 16.5. The van der Waals surface area contributed by atoms with E-state index in [0.717, 1.165) is 22.6 Å². The summed E-state index contributed by atoms with van der Waals surface area (Å²) in [5, 5.41) is 0. The number of aryl methyl sites for hydroxylation is 1. The minimum Gasteiger partial charge on any atom is -0.457 e. The van der Waals surface area contributed by atoms with Gasteiger partial charge in [0, 0.05) is 5.56 Å². The van der Waals surface area contributed by atoms with E-state index in [2.05, 4.69) is 27.9 Å². The van der Waals surface area contributed by atoms with Crippen molar-refractivity contribution in [2.45, 2.75) is 13.8 Å². The van der Waals surface area contributed by atoms with E-state index in [1.165, 1.54) is 5.56 Å². The summed E-state index contributed by atoms with van der Waals surface area (Å²) in [6.45, 7) is 4.09. The standard InChI is InChI=1S/C17H17N5O/c1-10-4-3-5-14(11(10)2)23-13-8-6-12(7-9-13)15-20-16(18)22-17(19)21-15/h3-9H,1-2H3,(H4,18,19,20,21,22). The normalized spacial score (nSPS) is 10.5. The number of rotatable bonds is 3. The summed E-state index contributed by atoms with van der Waals surface area (Å²) < 4.78 is 5.93. The summed E-state index contributed by atoms with van der Waals surface area (Å²) in [7, 11) is 0. The molecule has 0 spiro atoms. The monoisotopic (exact) mass is 307 g/mol. The topological polar surface area (TPSA) is 99.9 Å². The van der Waals surface area contributed by atoms with Crippen molar-refractivity contribution >= 4 is 11.9 Å². The zero-order chi connectivity index (χ0) is 16.4. The molecule has 6 heteroatoms. The molecule has 0 radical (unpaired) electrons. The Balaban J connectivity index is 1.86. The Morgan fingerprint density at radius 3 is 2.13 bits per heavy atom. The van der Waals surface area contributed by atoms with Crippen LogP contribution in [0.15, 0.2) is 42.5 Å². The van der Waals surface area contributed by atoms with E-state index in [4.69, 9.17) is 16.2 Å². The highest BCUT2D eigenvalue weighted by Crippen LogP contribution is 2.28. The molecule has 3 rings (SSSR count). The smallest absolute Gasteiger partial charge is 0.225 e. The first-order valence-electron chi connectivity index (χ1n) is 7.14. The first-order valence-corrected chi connectivity index (χ1v) is 7.14. The van der Waals surface area contributed by atoms with Gasteiger partial charge in [-0.05, 0) is 55.3 Å². The van der Waals surface area contributed by atoms with Crippen LogP contribution in [0.25, 0.3) is 11.4 Å². The molecule has 23 heavy (non-hydrogen) atoms. The molecule has 0 aliphatic carbocycles. The lowest BCUT2D eigenvalue weighted by molar-refractivity contribution is 0.478. The Bertz CT molecular complexity index is 826. The molecular weight excluding hydrogens is 290 g/mol. The molecule has 0 fully saturated rings. The lowest BCUT2D eigenvalue weighted by atomic mass is 10.1. The van der Waals surface area contributed by atoms with Crippen LogP contribution < -0.4 is 16.2 Å². The molecule has 0 amide bonds. The first-order chi connectivity index (χ1) is 11.0. The zero-order valence-electron chi connectivity index (χ0n) is 12.9. The third kappa shape index (κ3) is 3.21. The van der Waals surface area contributed by atoms with Gasteiger partial charge in [-0.25, -0.2) is 0 Å². The van der Waals surface area contributed by atoms with Gasteiger partial charge in [0.05, 0.1) is 0 Å². The first kappa shape index (κ1) is 14.8. The number of nitrogens with zero attached hydrogens (tertiary/aromatic N) is 3. The van der Waals surface area contributed by atoms with Crippen molar-refractivity contribution < 1.29 is 4.74 Å². The Morgan fingerprint density at radius 2 is 1.48 bits per heavy atom. The average Bonchev–Trinajstić information content (AvgIpc) is 2.52. The molecule has 2 aromatic carbocycles. The van der Waals surface area contributed by atoms with Crippen molar-refractivity contribution in [1.82, 2.24) is 15.0 Å². The Labute approximate surface area is 134 Å². The summed E-state index contributed by atoms with van der Waals surface area (Å²) in [6, 6.07) is 13.4. The van der Waals surface area contributed by atoms with E-state index >= 15 is 0 Å². The highest BCUT2D eigenvalue weighted by Gasteiger charge is 2.07. The molecule has 0 aliphatic rings. The summed E-state index contributed by atoms with van der Waals surface area (Å²) in [5.74, 6) is 2.21. The number of hydrogen-bond donors (Lipinski definition) is 2. The predicted octanol–water partition coefficient (Wildman–Crippen LogP) is 3.11. The van der Waals surface area contributed by atoms with Crippen molar-refractivity contribution in [2.75, 3.05) is 11.5 Å². The van der Waals surface area contributed by atoms with Gasteiger partial charge < -0.3 is 16.2 Å². The third-order valence-electron chi connectivity index (χ3n) is 3.57. The molecule has 0 saturated heterocycles. The fourth-order valence-corrected chi connectivity index (χ4v) is 2.17. The molecule has 0 atom stereocenters. The van der Waals surface area contributed by atoms with Gasteiger partial charge in [-0.1, -0.05) is 12.1 Å². The molecule has 0 aliphatic heterocycles. The van der Waals surface area contributed by atoms with Crippen LogP contribution in [0.2, 0.25) is 0 Å². The fraction of sp³-hybridized carbons (Fsp3) is 0.118. The van der Waals surface area contributed by atoms with Crippen LogP contribution in [0.4, 0.5) is 11.9 Å². The molecule has 1 heterocycles. The van der Waals surface area contributed by atoms with E-state index in [9.17, 15) is 0 Å². The molecule has 6 nitrogen and oxygen atoms in total. The van der Waals surface area contributed by atoms with Crippen LogP contribution in [0, 0.1) is 13.8 Å². The largest absolute Gasteiger partial charge is 0.457 e. The summed E-state index contributed by atoms with van der Waals surface area (Å²) >= 11 is 0. The van der Waals surface area contributed by atoms with Gasteiger partial charge >= 0.3 is 0 Å². The summed E-state index contributed by atoms with van der Waals surface area (Å²) in [6.07, 6.45) is 0. The Hall–Kier alpha value is -3.15. The Morgan fingerprint density at radius 1 is 0.826 bits per heavy atom. The number of nitrogens with two attached hydrogens (primary N) is 2. The van der Waals surface area contributed by atoms with Gasteiger partial charge in [0.25, 0.3) is 0 Å². The lowest BCUT2D eigenvalue weighted by Crippen LogP contribution is -2.04. The van der Waals surface area contributed by atoms with Crippen molar-refractivity contribution in [3.8, 4) is 22.9 Å². The SMILES string of the molecule is Cc1cccc(Oc2ccc(-c3nc(N)nc(N)n3)cc2)c1C. The molecule has 3 aromatic rings. The van der Waals surface area contributed by atoms with Crippen molar-refractivity contribution in [2.24, 2.45) is 0 Å². The molecule has 1 aromatic heterocycles. The second-order valence-electron chi connectivity index (χ2n) is 5.20. The van der Waals surface area contributed by atoms with Gasteiger partial charge in [0.15, 0.2) is 5.82 Å². The third-order valence-corrected chi connectivity index (χ3v) is 3.57. The minimum absolute atomic E-state index is 0.100. The van der Waals surface area contributed by atoms with Crippen molar-refractivity contribution in [1.29, 1.82) is 0 Å². The average molecular weight is 307 g/mol.